The molecule has 138 valence electrons. The van der Waals surface area contributed by atoms with Crippen molar-refractivity contribution < 1.29 is 9.90 Å². The normalized spacial score (nSPS) is 23.8. The summed E-state index contributed by atoms with van der Waals surface area (Å²) in [7, 11) is 0. The van der Waals surface area contributed by atoms with Crippen molar-refractivity contribution in [2.24, 2.45) is 5.92 Å². The summed E-state index contributed by atoms with van der Waals surface area (Å²) in [6, 6.07) is 8.59. The van der Waals surface area contributed by atoms with Crippen LogP contribution in [-0.2, 0) is 4.79 Å². The van der Waals surface area contributed by atoms with Crippen LogP contribution in [0.1, 0.15) is 36.6 Å². The summed E-state index contributed by atoms with van der Waals surface area (Å²) < 4.78 is 0. The molecular weight excluding hydrogens is 348 g/mol. The topological polar surface area (TPSA) is 78.3 Å². The number of aliphatic carboxylic acids is 1. The number of nitrogens with one attached hydrogen (secondary N) is 1. The molecule has 0 spiro atoms. The van der Waals surface area contributed by atoms with Crippen molar-refractivity contribution in [1.82, 2.24) is 15.5 Å². The minimum absolute atomic E-state index is 0.184. The van der Waals surface area contributed by atoms with Gasteiger partial charge in [-0.1, -0.05) is 11.3 Å². The van der Waals surface area contributed by atoms with Gasteiger partial charge in [-0.2, -0.15) is 0 Å². The average Bonchev–Trinajstić information content (AvgIpc) is 3.19. The standard InChI is InChI=1S/C19H24N4O2S/c24-19(25)15-3-1-13(2-4-15)17-21-22-18(26-17)14-5-7-16(8-6-14)23-11-9-20-10-12-23/h5-8,13,15,20H,1-4,9-12H2,(H,24,25)/t13-,15-. The van der Waals surface area contributed by atoms with Gasteiger partial charge in [0, 0.05) is 43.3 Å². The highest BCUT2D eigenvalue weighted by Gasteiger charge is 2.28. The van der Waals surface area contributed by atoms with Gasteiger partial charge >= 0.3 is 5.97 Å². The first-order valence-electron chi connectivity index (χ1n) is 9.33. The molecule has 1 saturated heterocycles. The van der Waals surface area contributed by atoms with Crippen LogP contribution < -0.4 is 10.2 Å². The number of aromatic nitrogens is 2. The zero-order valence-electron chi connectivity index (χ0n) is 14.7. The molecule has 2 heterocycles. The first kappa shape index (κ1) is 17.4. The fourth-order valence-corrected chi connectivity index (χ4v) is 4.86. The van der Waals surface area contributed by atoms with Crippen LogP contribution in [0, 0.1) is 5.92 Å². The first-order chi connectivity index (χ1) is 12.7. The van der Waals surface area contributed by atoms with Gasteiger partial charge in [-0.15, -0.1) is 10.2 Å². The number of hydrogen-bond donors (Lipinski definition) is 2. The molecule has 0 radical (unpaired) electrons. The third-order valence-electron chi connectivity index (χ3n) is 5.46. The maximum absolute atomic E-state index is 11.1. The Kier molecular flexibility index (Phi) is 5.17. The molecular formula is C19H24N4O2S. The van der Waals surface area contributed by atoms with Crippen molar-refractivity contribution in [2.45, 2.75) is 31.6 Å². The van der Waals surface area contributed by atoms with Crippen LogP contribution in [0.5, 0.6) is 0 Å². The number of benzene rings is 1. The number of carboxylic acids is 1. The highest BCUT2D eigenvalue weighted by atomic mass is 32.1. The Morgan fingerprint density at radius 2 is 1.77 bits per heavy atom. The van der Waals surface area contributed by atoms with Crippen LogP contribution >= 0.6 is 11.3 Å². The number of carbonyl (C=O) groups is 1. The SMILES string of the molecule is O=C(O)[C@H]1CC[C@H](c2nnc(-c3ccc(N4CCNCC4)cc3)s2)CC1. The van der Waals surface area contributed by atoms with E-state index in [4.69, 9.17) is 5.11 Å². The highest BCUT2D eigenvalue weighted by molar-refractivity contribution is 7.14. The fraction of sp³-hybridized carbons (Fsp3) is 0.526. The lowest BCUT2D eigenvalue weighted by Crippen LogP contribution is -2.43. The maximum atomic E-state index is 11.1. The largest absolute Gasteiger partial charge is 0.481 e. The second-order valence-electron chi connectivity index (χ2n) is 7.12. The molecule has 2 N–H and O–H groups in total. The molecule has 7 heteroatoms. The molecule has 2 aliphatic rings. The molecule has 1 aliphatic carbocycles. The van der Waals surface area contributed by atoms with E-state index >= 15 is 0 Å². The van der Waals surface area contributed by atoms with Crippen LogP contribution in [-0.4, -0.2) is 47.5 Å². The molecule has 1 aromatic carbocycles. The molecule has 2 aromatic rings. The molecule has 1 aliphatic heterocycles. The zero-order valence-corrected chi connectivity index (χ0v) is 15.5. The molecule has 6 nitrogen and oxygen atoms in total. The van der Waals surface area contributed by atoms with Gasteiger partial charge in [0.15, 0.2) is 0 Å². The molecule has 2 fully saturated rings. The summed E-state index contributed by atoms with van der Waals surface area (Å²) in [6.45, 7) is 4.15. The van der Waals surface area contributed by atoms with Crippen molar-refractivity contribution >= 4 is 23.0 Å². The van der Waals surface area contributed by atoms with Gasteiger partial charge in [0.2, 0.25) is 0 Å². The number of piperazine rings is 1. The fourth-order valence-electron chi connectivity index (χ4n) is 3.84. The van der Waals surface area contributed by atoms with Crippen molar-refractivity contribution in [2.75, 3.05) is 31.1 Å². The summed E-state index contributed by atoms with van der Waals surface area (Å²) >= 11 is 1.65. The Hall–Kier alpha value is -1.99. The lowest BCUT2D eigenvalue weighted by Gasteiger charge is -2.29. The number of nitrogens with zero attached hydrogens (tertiary/aromatic N) is 3. The maximum Gasteiger partial charge on any atom is 0.306 e. The van der Waals surface area contributed by atoms with Crippen molar-refractivity contribution in [3.8, 4) is 10.6 Å². The van der Waals surface area contributed by atoms with Crippen LogP contribution in [0.25, 0.3) is 10.6 Å². The predicted octanol–water partition coefficient (Wildman–Crippen LogP) is 2.97. The van der Waals surface area contributed by atoms with E-state index in [0.717, 1.165) is 67.4 Å². The van der Waals surface area contributed by atoms with E-state index in [1.807, 2.05) is 0 Å². The summed E-state index contributed by atoms with van der Waals surface area (Å²) in [6.07, 6.45) is 3.28. The van der Waals surface area contributed by atoms with Crippen molar-refractivity contribution in [3.05, 3.63) is 29.3 Å². The van der Waals surface area contributed by atoms with E-state index in [1.165, 1.54) is 5.69 Å². The minimum atomic E-state index is -0.661. The lowest BCUT2D eigenvalue weighted by atomic mass is 9.82. The van der Waals surface area contributed by atoms with Gasteiger partial charge in [0.1, 0.15) is 10.0 Å². The number of rotatable bonds is 4. The van der Waals surface area contributed by atoms with Crippen LogP contribution in [0.2, 0.25) is 0 Å². The van der Waals surface area contributed by atoms with Gasteiger partial charge in [-0.3, -0.25) is 4.79 Å². The van der Waals surface area contributed by atoms with E-state index in [1.54, 1.807) is 11.3 Å². The zero-order chi connectivity index (χ0) is 17.9. The molecule has 1 saturated carbocycles. The molecule has 0 atom stereocenters. The summed E-state index contributed by atoms with van der Waals surface area (Å²) in [5.74, 6) is -0.487. The van der Waals surface area contributed by atoms with Crippen LogP contribution in [0.15, 0.2) is 24.3 Å². The van der Waals surface area contributed by atoms with E-state index in [9.17, 15) is 4.79 Å². The second-order valence-corrected chi connectivity index (χ2v) is 8.13. The van der Waals surface area contributed by atoms with E-state index in [0.29, 0.717) is 5.92 Å². The van der Waals surface area contributed by atoms with Crippen LogP contribution in [0.3, 0.4) is 0 Å². The first-order valence-corrected chi connectivity index (χ1v) is 10.1. The third kappa shape index (κ3) is 3.73. The number of anilines is 1. The molecule has 0 bridgehead atoms. The summed E-state index contributed by atoms with van der Waals surface area (Å²) in [5, 5.41) is 23.3. The summed E-state index contributed by atoms with van der Waals surface area (Å²) in [4.78, 5) is 13.5. The highest BCUT2D eigenvalue weighted by Crippen LogP contribution is 2.38. The second kappa shape index (κ2) is 7.72. The lowest BCUT2D eigenvalue weighted by molar-refractivity contribution is -0.142. The third-order valence-corrected chi connectivity index (χ3v) is 6.60. The molecule has 4 rings (SSSR count). The van der Waals surface area contributed by atoms with E-state index in [2.05, 4.69) is 44.7 Å². The number of carboxylic acid groups (broad SMARTS) is 1. The van der Waals surface area contributed by atoms with Gasteiger partial charge < -0.3 is 15.3 Å². The van der Waals surface area contributed by atoms with Crippen molar-refractivity contribution in [1.29, 1.82) is 0 Å². The monoisotopic (exact) mass is 372 g/mol. The van der Waals surface area contributed by atoms with Gasteiger partial charge in [-0.25, -0.2) is 0 Å². The Bertz CT molecular complexity index is 747. The van der Waals surface area contributed by atoms with Gasteiger partial charge in [0.25, 0.3) is 0 Å². The Morgan fingerprint density at radius 1 is 1.08 bits per heavy atom. The Balaban J connectivity index is 1.42. The van der Waals surface area contributed by atoms with Gasteiger partial charge in [0.05, 0.1) is 5.92 Å². The van der Waals surface area contributed by atoms with E-state index in [-0.39, 0.29) is 5.92 Å². The Labute approximate surface area is 157 Å². The Morgan fingerprint density at radius 3 is 2.42 bits per heavy atom. The summed E-state index contributed by atoms with van der Waals surface area (Å²) in [5.41, 5.74) is 2.36. The smallest absolute Gasteiger partial charge is 0.306 e. The molecule has 1 aromatic heterocycles. The van der Waals surface area contributed by atoms with Crippen molar-refractivity contribution in [3.63, 3.8) is 0 Å². The van der Waals surface area contributed by atoms with Crippen LogP contribution in [0.4, 0.5) is 5.69 Å². The predicted molar refractivity (Wildman–Crippen MR) is 103 cm³/mol. The minimum Gasteiger partial charge on any atom is -0.481 e. The van der Waals surface area contributed by atoms with Gasteiger partial charge in [-0.05, 0) is 49.9 Å². The molecule has 26 heavy (non-hydrogen) atoms. The molecule has 0 unspecified atom stereocenters. The van der Waals surface area contributed by atoms with E-state index < -0.39 is 5.97 Å². The molecule has 0 amide bonds. The quantitative estimate of drug-likeness (QED) is 0.859. The number of hydrogen-bond acceptors (Lipinski definition) is 6. The average molecular weight is 372 g/mol.